The van der Waals surface area contributed by atoms with E-state index in [1.807, 2.05) is 18.2 Å². The van der Waals surface area contributed by atoms with Crippen LogP contribution in [0.4, 0.5) is 0 Å². The van der Waals surface area contributed by atoms with Crippen LogP contribution in [0.5, 0.6) is 11.5 Å². The van der Waals surface area contributed by atoms with Gasteiger partial charge >= 0.3 is 0 Å². The topological polar surface area (TPSA) is 76.7 Å². The zero-order valence-electron chi connectivity index (χ0n) is 12.7. The molecule has 0 saturated heterocycles. The molecule has 0 amide bonds. The van der Waals surface area contributed by atoms with Crippen molar-refractivity contribution in [3.63, 3.8) is 0 Å². The van der Waals surface area contributed by atoms with Gasteiger partial charge in [-0.1, -0.05) is 6.07 Å². The lowest BCUT2D eigenvalue weighted by Crippen LogP contribution is -2.35. The van der Waals surface area contributed by atoms with Crippen molar-refractivity contribution >= 4 is 0 Å². The molecule has 0 bridgehead atoms. The number of benzene rings is 1. The summed E-state index contributed by atoms with van der Waals surface area (Å²) in [5, 5.41) is 12.4. The van der Waals surface area contributed by atoms with Crippen LogP contribution in [0.25, 0.3) is 0 Å². The molecular weight excluding hydrogens is 268 g/mol. The molecule has 118 valence electrons. The predicted octanol–water partition coefficient (Wildman–Crippen LogP) is 1.60. The van der Waals surface area contributed by atoms with Gasteiger partial charge in [0.15, 0.2) is 11.5 Å². The zero-order chi connectivity index (χ0) is 15.1. The number of ether oxygens (including phenoxy) is 2. The van der Waals surface area contributed by atoms with Crippen LogP contribution in [0, 0.1) is 0 Å². The van der Waals surface area contributed by atoms with Gasteiger partial charge in [0.05, 0.1) is 13.2 Å². The van der Waals surface area contributed by atoms with Crippen molar-refractivity contribution < 1.29 is 14.6 Å². The van der Waals surface area contributed by atoms with E-state index >= 15 is 0 Å². The molecule has 0 spiro atoms. The highest BCUT2D eigenvalue weighted by Crippen LogP contribution is 2.32. The van der Waals surface area contributed by atoms with Crippen LogP contribution in [-0.2, 0) is 0 Å². The standard InChI is InChI=1S/C16H26N2O3/c1-12(4-2-7-19)18-14(11-17)13-5-6-15-16(10-13)21-9-3-8-20-15/h5-6,10,12,14,18-19H,2-4,7-9,11,17H2,1H3. The van der Waals surface area contributed by atoms with Gasteiger partial charge in [0.1, 0.15) is 0 Å². The first-order chi connectivity index (χ1) is 10.2. The summed E-state index contributed by atoms with van der Waals surface area (Å²) in [5.74, 6) is 1.61. The number of aliphatic hydroxyl groups excluding tert-OH is 1. The lowest BCUT2D eigenvalue weighted by Gasteiger charge is -2.23. The summed E-state index contributed by atoms with van der Waals surface area (Å²) in [5.41, 5.74) is 7.01. The average Bonchev–Trinajstić information content (AvgIpc) is 2.75. The highest BCUT2D eigenvalue weighted by atomic mass is 16.5. The Morgan fingerprint density at radius 3 is 2.76 bits per heavy atom. The molecule has 0 radical (unpaired) electrons. The molecule has 4 N–H and O–H groups in total. The highest BCUT2D eigenvalue weighted by molar-refractivity contribution is 5.44. The Hall–Kier alpha value is -1.30. The summed E-state index contributed by atoms with van der Waals surface area (Å²) in [7, 11) is 0. The van der Waals surface area contributed by atoms with Crippen molar-refractivity contribution in [3.05, 3.63) is 23.8 Å². The van der Waals surface area contributed by atoms with E-state index in [0.717, 1.165) is 36.3 Å². The first-order valence-electron chi connectivity index (χ1n) is 7.71. The molecule has 1 aromatic rings. The maximum Gasteiger partial charge on any atom is 0.161 e. The van der Waals surface area contributed by atoms with Crippen molar-refractivity contribution in [2.24, 2.45) is 5.73 Å². The maximum absolute atomic E-state index is 8.90. The molecule has 2 rings (SSSR count). The summed E-state index contributed by atoms with van der Waals surface area (Å²) in [6.07, 6.45) is 2.63. The van der Waals surface area contributed by atoms with Gasteiger partial charge in [-0.15, -0.1) is 0 Å². The molecule has 0 fully saturated rings. The lowest BCUT2D eigenvalue weighted by atomic mass is 10.0. The summed E-state index contributed by atoms with van der Waals surface area (Å²) in [4.78, 5) is 0. The van der Waals surface area contributed by atoms with E-state index in [2.05, 4.69) is 12.2 Å². The minimum atomic E-state index is 0.0795. The van der Waals surface area contributed by atoms with Gasteiger partial charge in [-0.2, -0.15) is 0 Å². The predicted molar refractivity (Wildman–Crippen MR) is 82.8 cm³/mol. The third kappa shape index (κ3) is 4.59. The normalized spacial score (nSPS) is 17.1. The molecule has 5 heteroatoms. The van der Waals surface area contributed by atoms with Crippen LogP contribution in [0.1, 0.15) is 37.8 Å². The second kappa shape index (κ2) is 8.22. The Kier molecular flexibility index (Phi) is 6.29. The third-order valence-electron chi connectivity index (χ3n) is 3.69. The average molecular weight is 294 g/mol. The monoisotopic (exact) mass is 294 g/mol. The third-order valence-corrected chi connectivity index (χ3v) is 3.69. The minimum Gasteiger partial charge on any atom is -0.490 e. The molecule has 5 nitrogen and oxygen atoms in total. The second-order valence-corrected chi connectivity index (χ2v) is 5.48. The van der Waals surface area contributed by atoms with Crippen LogP contribution >= 0.6 is 0 Å². The Balaban J connectivity index is 2.05. The molecule has 21 heavy (non-hydrogen) atoms. The van der Waals surface area contributed by atoms with Crippen LogP contribution in [0.15, 0.2) is 18.2 Å². The fraction of sp³-hybridized carbons (Fsp3) is 0.625. The van der Waals surface area contributed by atoms with Gasteiger partial charge < -0.3 is 25.6 Å². The Labute approximate surface area is 126 Å². The lowest BCUT2D eigenvalue weighted by molar-refractivity contribution is 0.274. The number of nitrogens with one attached hydrogen (secondary N) is 1. The van der Waals surface area contributed by atoms with Gasteiger partial charge in [0, 0.05) is 31.7 Å². The number of fused-ring (bicyclic) bond motifs is 1. The minimum absolute atomic E-state index is 0.0795. The molecule has 0 saturated carbocycles. The Morgan fingerprint density at radius 1 is 1.29 bits per heavy atom. The number of hydrogen-bond donors (Lipinski definition) is 3. The fourth-order valence-corrected chi connectivity index (χ4v) is 2.52. The van der Waals surface area contributed by atoms with Gasteiger partial charge in [-0.05, 0) is 37.5 Å². The van der Waals surface area contributed by atoms with Gasteiger partial charge in [0.25, 0.3) is 0 Å². The van der Waals surface area contributed by atoms with Crippen LogP contribution < -0.4 is 20.5 Å². The van der Waals surface area contributed by atoms with Crippen molar-refractivity contribution in [2.75, 3.05) is 26.4 Å². The number of aliphatic hydroxyl groups is 1. The molecule has 2 unspecified atom stereocenters. The zero-order valence-corrected chi connectivity index (χ0v) is 12.7. The number of hydrogen-bond acceptors (Lipinski definition) is 5. The summed E-state index contributed by atoms with van der Waals surface area (Å²) in [6, 6.07) is 6.40. The molecule has 1 aromatic carbocycles. The summed E-state index contributed by atoms with van der Waals surface area (Å²) >= 11 is 0. The van der Waals surface area contributed by atoms with Crippen molar-refractivity contribution in [1.82, 2.24) is 5.32 Å². The maximum atomic E-state index is 8.90. The molecule has 1 aliphatic heterocycles. The molecule has 1 heterocycles. The fourth-order valence-electron chi connectivity index (χ4n) is 2.52. The van der Waals surface area contributed by atoms with E-state index in [4.69, 9.17) is 20.3 Å². The molecule has 0 aliphatic carbocycles. The number of nitrogens with two attached hydrogens (primary N) is 1. The molecule has 0 aromatic heterocycles. The first-order valence-corrected chi connectivity index (χ1v) is 7.71. The summed E-state index contributed by atoms with van der Waals surface area (Å²) < 4.78 is 11.4. The molecule has 2 atom stereocenters. The van der Waals surface area contributed by atoms with Crippen LogP contribution in [-0.4, -0.2) is 37.5 Å². The van der Waals surface area contributed by atoms with Gasteiger partial charge in [-0.3, -0.25) is 0 Å². The van der Waals surface area contributed by atoms with Crippen LogP contribution in [0.2, 0.25) is 0 Å². The Bertz CT molecular complexity index is 440. The second-order valence-electron chi connectivity index (χ2n) is 5.48. The largest absolute Gasteiger partial charge is 0.490 e. The van der Waals surface area contributed by atoms with E-state index in [0.29, 0.717) is 25.8 Å². The van der Waals surface area contributed by atoms with E-state index in [1.54, 1.807) is 0 Å². The van der Waals surface area contributed by atoms with E-state index in [1.165, 1.54) is 0 Å². The van der Waals surface area contributed by atoms with E-state index < -0.39 is 0 Å². The first kappa shape index (κ1) is 16.1. The molecular formula is C16H26N2O3. The van der Waals surface area contributed by atoms with Gasteiger partial charge in [0.2, 0.25) is 0 Å². The van der Waals surface area contributed by atoms with E-state index in [9.17, 15) is 0 Å². The van der Waals surface area contributed by atoms with E-state index in [-0.39, 0.29) is 12.6 Å². The SMILES string of the molecule is CC(CCCO)NC(CN)c1ccc2c(c1)OCCCO2. The smallest absolute Gasteiger partial charge is 0.161 e. The quantitative estimate of drug-likeness (QED) is 0.712. The van der Waals surface area contributed by atoms with Crippen molar-refractivity contribution in [2.45, 2.75) is 38.3 Å². The van der Waals surface area contributed by atoms with Gasteiger partial charge in [-0.25, -0.2) is 0 Å². The number of rotatable bonds is 7. The summed E-state index contributed by atoms with van der Waals surface area (Å²) in [6.45, 7) is 4.24. The van der Waals surface area contributed by atoms with Crippen LogP contribution in [0.3, 0.4) is 0 Å². The highest BCUT2D eigenvalue weighted by Gasteiger charge is 2.17. The van der Waals surface area contributed by atoms with Crippen molar-refractivity contribution in [1.29, 1.82) is 0 Å². The van der Waals surface area contributed by atoms with Crippen molar-refractivity contribution in [3.8, 4) is 11.5 Å². The Morgan fingerprint density at radius 2 is 2.05 bits per heavy atom. The molecule has 1 aliphatic rings.